The van der Waals surface area contributed by atoms with Crippen molar-refractivity contribution >= 4 is 11.6 Å². The molecule has 2 rings (SSSR count). The zero-order valence-corrected chi connectivity index (χ0v) is 11.1. The monoisotopic (exact) mass is 249 g/mol. The van der Waals surface area contributed by atoms with Gasteiger partial charge in [-0.25, -0.2) is 9.97 Å². The number of nitrogens with zero attached hydrogens (tertiary/aromatic N) is 3. The Morgan fingerprint density at radius 1 is 1.39 bits per heavy atom. The van der Waals surface area contributed by atoms with Crippen molar-refractivity contribution < 1.29 is 0 Å². The van der Waals surface area contributed by atoms with Crippen molar-refractivity contribution in [1.82, 2.24) is 9.97 Å². The minimum Gasteiger partial charge on any atom is -0.370 e. The first-order chi connectivity index (χ1) is 8.79. The molecule has 0 aromatic carbocycles. The van der Waals surface area contributed by atoms with Gasteiger partial charge in [-0.2, -0.15) is 0 Å². The van der Waals surface area contributed by atoms with Crippen molar-refractivity contribution in [2.24, 2.45) is 11.7 Å². The molecule has 0 aliphatic heterocycles. The van der Waals surface area contributed by atoms with Crippen LogP contribution in [0.4, 0.5) is 11.6 Å². The van der Waals surface area contributed by atoms with Crippen LogP contribution in [0.3, 0.4) is 0 Å². The predicted molar refractivity (Wildman–Crippen MR) is 74.8 cm³/mol. The van der Waals surface area contributed by atoms with Crippen LogP contribution in [0.15, 0.2) is 12.4 Å². The molecule has 1 aromatic heterocycles. The van der Waals surface area contributed by atoms with Crippen LogP contribution in [0.5, 0.6) is 0 Å². The molecular formula is C13H23N5. The molecule has 18 heavy (non-hydrogen) atoms. The Morgan fingerprint density at radius 2 is 2.17 bits per heavy atom. The van der Waals surface area contributed by atoms with Gasteiger partial charge in [-0.05, 0) is 18.8 Å². The third-order valence-electron chi connectivity index (χ3n) is 3.55. The number of anilines is 2. The maximum atomic E-state index is 5.55. The summed E-state index contributed by atoms with van der Waals surface area (Å²) in [6.45, 7) is 2.46. The van der Waals surface area contributed by atoms with Crippen LogP contribution < -0.4 is 16.0 Å². The Balaban J connectivity index is 1.89. The third kappa shape index (κ3) is 3.57. The molecule has 0 amide bonds. The van der Waals surface area contributed by atoms with Crippen molar-refractivity contribution in [3.05, 3.63) is 12.4 Å². The van der Waals surface area contributed by atoms with E-state index in [4.69, 9.17) is 5.73 Å². The summed E-state index contributed by atoms with van der Waals surface area (Å²) in [6, 6.07) is 1.99. The molecule has 1 fully saturated rings. The average Bonchev–Trinajstić information content (AvgIpc) is 2.90. The summed E-state index contributed by atoms with van der Waals surface area (Å²) in [7, 11) is 2.00. The van der Waals surface area contributed by atoms with Gasteiger partial charge in [0.05, 0.1) is 0 Å². The Labute approximate surface area is 109 Å². The first kappa shape index (κ1) is 13.1. The van der Waals surface area contributed by atoms with Gasteiger partial charge in [0.15, 0.2) is 0 Å². The van der Waals surface area contributed by atoms with Crippen molar-refractivity contribution in [1.29, 1.82) is 0 Å². The van der Waals surface area contributed by atoms with Crippen molar-refractivity contribution in [2.75, 3.05) is 36.9 Å². The molecule has 0 spiro atoms. The van der Waals surface area contributed by atoms with E-state index < -0.39 is 0 Å². The summed E-state index contributed by atoms with van der Waals surface area (Å²) >= 11 is 0. The normalized spacial score (nSPS) is 15.9. The smallest absolute Gasteiger partial charge is 0.133 e. The SMILES string of the molecule is CN(CCN)c1cc(NCC2CCCC2)ncn1. The van der Waals surface area contributed by atoms with Gasteiger partial charge in [0.25, 0.3) is 0 Å². The zero-order chi connectivity index (χ0) is 12.8. The van der Waals surface area contributed by atoms with E-state index >= 15 is 0 Å². The second-order valence-corrected chi connectivity index (χ2v) is 5.00. The molecular weight excluding hydrogens is 226 g/mol. The minimum atomic E-state index is 0.630. The molecule has 0 unspecified atom stereocenters. The van der Waals surface area contributed by atoms with E-state index in [0.29, 0.717) is 6.54 Å². The first-order valence-electron chi connectivity index (χ1n) is 6.76. The lowest BCUT2D eigenvalue weighted by molar-refractivity contribution is 0.579. The highest BCUT2D eigenvalue weighted by molar-refractivity contribution is 5.47. The second kappa shape index (κ2) is 6.54. The van der Waals surface area contributed by atoms with Gasteiger partial charge < -0.3 is 16.0 Å². The molecule has 5 nitrogen and oxygen atoms in total. The Kier molecular flexibility index (Phi) is 4.75. The van der Waals surface area contributed by atoms with Gasteiger partial charge >= 0.3 is 0 Å². The quantitative estimate of drug-likeness (QED) is 0.799. The lowest BCUT2D eigenvalue weighted by Gasteiger charge is -2.18. The summed E-state index contributed by atoms with van der Waals surface area (Å²) in [5.74, 6) is 2.64. The van der Waals surface area contributed by atoms with Gasteiger partial charge in [-0.1, -0.05) is 12.8 Å². The topological polar surface area (TPSA) is 67.1 Å². The Bertz CT molecular complexity index is 362. The highest BCUT2D eigenvalue weighted by Crippen LogP contribution is 2.24. The van der Waals surface area contributed by atoms with Crippen LogP contribution in [0, 0.1) is 5.92 Å². The van der Waals surface area contributed by atoms with Gasteiger partial charge in [0.1, 0.15) is 18.0 Å². The lowest BCUT2D eigenvalue weighted by atomic mass is 10.1. The maximum absolute atomic E-state index is 5.55. The fourth-order valence-electron chi connectivity index (χ4n) is 2.42. The van der Waals surface area contributed by atoms with Gasteiger partial charge in [0.2, 0.25) is 0 Å². The van der Waals surface area contributed by atoms with Crippen LogP contribution in [0.1, 0.15) is 25.7 Å². The van der Waals surface area contributed by atoms with Crippen LogP contribution >= 0.6 is 0 Å². The molecule has 3 N–H and O–H groups in total. The maximum Gasteiger partial charge on any atom is 0.133 e. The standard InChI is InChI=1S/C13H23N5/c1-18(7-6-14)13-8-12(16-10-17-13)15-9-11-4-2-3-5-11/h8,10-11H,2-7,9,14H2,1H3,(H,15,16,17). The van der Waals surface area contributed by atoms with E-state index in [1.165, 1.54) is 25.7 Å². The van der Waals surface area contributed by atoms with E-state index in [-0.39, 0.29) is 0 Å². The third-order valence-corrected chi connectivity index (χ3v) is 3.55. The zero-order valence-electron chi connectivity index (χ0n) is 11.1. The van der Waals surface area contributed by atoms with Crippen molar-refractivity contribution in [3.8, 4) is 0 Å². The molecule has 1 aliphatic carbocycles. The second-order valence-electron chi connectivity index (χ2n) is 5.00. The summed E-state index contributed by atoms with van der Waals surface area (Å²) in [6.07, 6.45) is 7.05. The van der Waals surface area contributed by atoms with E-state index in [1.54, 1.807) is 6.33 Å². The van der Waals surface area contributed by atoms with E-state index in [9.17, 15) is 0 Å². The molecule has 0 atom stereocenters. The molecule has 5 heteroatoms. The highest BCUT2D eigenvalue weighted by atomic mass is 15.2. The van der Waals surface area contributed by atoms with Crippen LogP contribution in [0.25, 0.3) is 0 Å². The number of nitrogens with one attached hydrogen (secondary N) is 1. The van der Waals surface area contributed by atoms with Crippen LogP contribution in [0.2, 0.25) is 0 Å². The highest BCUT2D eigenvalue weighted by Gasteiger charge is 2.14. The summed E-state index contributed by atoms with van der Waals surface area (Å²) in [5.41, 5.74) is 5.55. The number of likely N-dealkylation sites (N-methyl/N-ethyl adjacent to an activating group) is 1. The number of hydrogen-bond acceptors (Lipinski definition) is 5. The van der Waals surface area contributed by atoms with Gasteiger partial charge in [-0.3, -0.25) is 0 Å². The largest absolute Gasteiger partial charge is 0.370 e. The Morgan fingerprint density at radius 3 is 2.89 bits per heavy atom. The lowest BCUT2D eigenvalue weighted by Crippen LogP contribution is -2.26. The number of aromatic nitrogens is 2. The molecule has 1 aromatic rings. The minimum absolute atomic E-state index is 0.630. The van der Waals surface area contributed by atoms with E-state index in [1.807, 2.05) is 18.0 Å². The van der Waals surface area contributed by atoms with E-state index in [2.05, 4.69) is 15.3 Å². The molecule has 1 aliphatic rings. The molecule has 0 bridgehead atoms. The first-order valence-corrected chi connectivity index (χ1v) is 6.76. The molecule has 100 valence electrons. The number of nitrogens with two attached hydrogens (primary N) is 1. The van der Waals surface area contributed by atoms with Crippen molar-refractivity contribution in [3.63, 3.8) is 0 Å². The van der Waals surface area contributed by atoms with Gasteiger partial charge in [-0.15, -0.1) is 0 Å². The Hall–Kier alpha value is -1.36. The fraction of sp³-hybridized carbons (Fsp3) is 0.692. The summed E-state index contributed by atoms with van der Waals surface area (Å²) in [5, 5.41) is 3.41. The molecule has 0 saturated heterocycles. The van der Waals surface area contributed by atoms with Crippen LogP contribution in [-0.2, 0) is 0 Å². The van der Waals surface area contributed by atoms with Gasteiger partial charge in [0, 0.05) is 32.7 Å². The summed E-state index contributed by atoms with van der Waals surface area (Å²) in [4.78, 5) is 10.6. The average molecular weight is 249 g/mol. The number of rotatable bonds is 6. The number of hydrogen-bond donors (Lipinski definition) is 2. The van der Waals surface area contributed by atoms with Crippen LogP contribution in [-0.4, -0.2) is 36.6 Å². The molecule has 1 heterocycles. The summed E-state index contributed by atoms with van der Waals surface area (Å²) < 4.78 is 0. The van der Waals surface area contributed by atoms with Crippen molar-refractivity contribution in [2.45, 2.75) is 25.7 Å². The molecule has 1 saturated carbocycles. The fourth-order valence-corrected chi connectivity index (χ4v) is 2.42. The van der Waals surface area contributed by atoms with E-state index in [0.717, 1.165) is 30.6 Å². The predicted octanol–water partition coefficient (Wildman–Crippen LogP) is 1.47. The molecule has 0 radical (unpaired) electrons.